The van der Waals surface area contributed by atoms with Crippen molar-refractivity contribution in [3.8, 4) is 0 Å². The first-order valence-electron chi connectivity index (χ1n) is 12.2. The fraction of sp³-hybridized carbons (Fsp3) is 0.500. The second-order valence-electron chi connectivity index (χ2n) is 9.65. The highest BCUT2D eigenvalue weighted by atomic mass is 19.1. The Labute approximate surface area is 205 Å². The van der Waals surface area contributed by atoms with Gasteiger partial charge in [-0.15, -0.1) is 0 Å². The lowest BCUT2D eigenvalue weighted by Gasteiger charge is -2.29. The number of primary amides is 1. The zero-order valence-electron chi connectivity index (χ0n) is 19.6. The fourth-order valence-corrected chi connectivity index (χ4v) is 5.26. The topological polar surface area (TPSA) is 131 Å². The van der Waals surface area contributed by atoms with Gasteiger partial charge >= 0.3 is 0 Å². The maximum absolute atomic E-state index is 14.4. The molecule has 2 fully saturated rings. The van der Waals surface area contributed by atoms with Crippen molar-refractivity contribution in [3.05, 3.63) is 35.8 Å². The molecule has 9 nitrogen and oxygen atoms in total. The molecule has 0 spiro atoms. The second kappa shape index (κ2) is 9.92. The minimum Gasteiger partial charge on any atom is -0.393 e. The highest BCUT2D eigenvalue weighted by Crippen LogP contribution is 2.37. The number of halogens is 3. The smallest absolute Gasteiger partial charge is 0.224 e. The van der Waals surface area contributed by atoms with E-state index in [1.165, 1.54) is 6.20 Å². The Morgan fingerprint density at radius 3 is 2.44 bits per heavy atom. The minimum absolute atomic E-state index is 0.0218. The Morgan fingerprint density at radius 1 is 1.06 bits per heavy atom. The summed E-state index contributed by atoms with van der Waals surface area (Å²) in [5.41, 5.74) is 5.82. The number of benzene rings is 1. The molecular formula is C24H28F3N7O2. The number of rotatable bonds is 6. The van der Waals surface area contributed by atoms with Gasteiger partial charge in [0.2, 0.25) is 17.8 Å². The van der Waals surface area contributed by atoms with Gasteiger partial charge in [-0.2, -0.15) is 4.98 Å². The van der Waals surface area contributed by atoms with E-state index < -0.39 is 23.1 Å². The maximum Gasteiger partial charge on any atom is 0.224 e. The quantitative estimate of drug-likeness (QED) is 0.401. The number of hydrogen-bond acceptors (Lipinski definition) is 7. The second-order valence-corrected chi connectivity index (χ2v) is 9.65. The predicted molar refractivity (Wildman–Crippen MR) is 127 cm³/mol. The molecule has 2 aliphatic rings. The summed E-state index contributed by atoms with van der Waals surface area (Å²) in [6.07, 6.45) is 6.59. The van der Waals surface area contributed by atoms with Gasteiger partial charge < -0.3 is 21.5 Å². The molecule has 5 rings (SSSR count). The molecule has 2 saturated carbocycles. The third kappa shape index (κ3) is 4.95. The third-order valence-electron chi connectivity index (χ3n) is 7.12. The number of carbonyl (C=O) groups excluding carboxylic acids is 1. The summed E-state index contributed by atoms with van der Waals surface area (Å²) in [5.74, 6) is -3.29. The Balaban J connectivity index is 1.51. The summed E-state index contributed by atoms with van der Waals surface area (Å²) in [6, 6.07) is 1.04. The van der Waals surface area contributed by atoms with Gasteiger partial charge in [0.15, 0.2) is 17.3 Å². The highest BCUT2D eigenvalue weighted by Gasteiger charge is 2.30. The Morgan fingerprint density at radius 2 is 1.78 bits per heavy atom. The number of fused-ring (bicyclic) bond motifs is 1. The Hall–Kier alpha value is -3.41. The largest absolute Gasteiger partial charge is 0.393 e. The van der Waals surface area contributed by atoms with E-state index in [0.29, 0.717) is 61.3 Å². The van der Waals surface area contributed by atoms with Gasteiger partial charge in [0.05, 0.1) is 12.3 Å². The van der Waals surface area contributed by atoms with Crippen molar-refractivity contribution < 1.29 is 23.1 Å². The van der Waals surface area contributed by atoms with Crippen LogP contribution in [0, 0.1) is 23.4 Å². The van der Waals surface area contributed by atoms with E-state index in [2.05, 4.69) is 25.6 Å². The van der Waals surface area contributed by atoms with Crippen LogP contribution in [0.2, 0.25) is 0 Å². The zero-order valence-corrected chi connectivity index (χ0v) is 19.6. The van der Waals surface area contributed by atoms with Crippen LogP contribution in [0.4, 0.5) is 30.8 Å². The zero-order chi connectivity index (χ0) is 25.4. The number of nitrogens with one attached hydrogen (secondary N) is 2. The molecule has 12 heteroatoms. The molecule has 0 bridgehead atoms. The van der Waals surface area contributed by atoms with Gasteiger partial charge in [0.25, 0.3) is 0 Å². The molecule has 2 atom stereocenters. The van der Waals surface area contributed by atoms with Crippen LogP contribution in [0.3, 0.4) is 0 Å². The number of aliphatic hydroxyl groups is 1. The number of amides is 1. The van der Waals surface area contributed by atoms with E-state index in [1.807, 2.05) is 0 Å². The van der Waals surface area contributed by atoms with E-state index in [-0.39, 0.29) is 36.0 Å². The van der Waals surface area contributed by atoms with Crippen LogP contribution in [-0.4, -0.2) is 42.7 Å². The van der Waals surface area contributed by atoms with Crippen LogP contribution in [-0.2, 0) is 4.79 Å². The first-order valence-corrected chi connectivity index (χ1v) is 12.2. The van der Waals surface area contributed by atoms with Crippen LogP contribution in [0.5, 0.6) is 0 Å². The monoisotopic (exact) mass is 503 g/mol. The maximum atomic E-state index is 14.4. The van der Waals surface area contributed by atoms with Crippen LogP contribution in [0.1, 0.15) is 57.4 Å². The fourth-order valence-electron chi connectivity index (χ4n) is 5.26. The molecule has 3 aromatic rings. The van der Waals surface area contributed by atoms with Crippen LogP contribution < -0.4 is 16.4 Å². The van der Waals surface area contributed by atoms with E-state index in [4.69, 9.17) is 5.73 Å². The molecule has 1 amide bonds. The molecule has 0 aliphatic heterocycles. The highest BCUT2D eigenvalue weighted by molar-refractivity contribution is 5.78. The van der Waals surface area contributed by atoms with Gasteiger partial charge in [0, 0.05) is 30.1 Å². The molecule has 0 saturated heterocycles. The van der Waals surface area contributed by atoms with E-state index >= 15 is 0 Å². The average molecular weight is 504 g/mol. The summed E-state index contributed by atoms with van der Waals surface area (Å²) in [5, 5.41) is 15.9. The molecule has 0 radical (unpaired) electrons. The van der Waals surface area contributed by atoms with Gasteiger partial charge in [-0.25, -0.2) is 23.1 Å². The van der Waals surface area contributed by atoms with Crippen molar-refractivity contribution >= 4 is 34.7 Å². The predicted octanol–water partition coefficient (Wildman–Crippen LogP) is 3.92. The Bertz CT molecular complexity index is 1250. The van der Waals surface area contributed by atoms with Crippen molar-refractivity contribution in [2.45, 2.75) is 69.6 Å². The van der Waals surface area contributed by atoms with Gasteiger partial charge in [-0.3, -0.25) is 9.36 Å². The average Bonchev–Trinajstić information content (AvgIpc) is 3.18. The number of aromatic nitrogens is 4. The first-order chi connectivity index (χ1) is 17.3. The number of imidazole rings is 1. The summed E-state index contributed by atoms with van der Waals surface area (Å²) in [6.45, 7) is 0. The van der Waals surface area contributed by atoms with Gasteiger partial charge in [-0.05, 0) is 51.4 Å². The molecule has 5 N–H and O–H groups in total. The van der Waals surface area contributed by atoms with Crippen LogP contribution in [0.25, 0.3) is 11.2 Å². The van der Waals surface area contributed by atoms with Crippen molar-refractivity contribution in [3.63, 3.8) is 0 Å². The minimum atomic E-state index is -1.09. The van der Waals surface area contributed by atoms with Crippen LogP contribution in [0.15, 0.2) is 18.3 Å². The lowest BCUT2D eigenvalue weighted by atomic mass is 9.85. The molecule has 0 unspecified atom stereocenters. The van der Waals surface area contributed by atoms with Crippen molar-refractivity contribution in [1.82, 2.24) is 19.5 Å². The van der Waals surface area contributed by atoms with Crippen molar-refractivity contribution in [2.24, 2.45) is 11.7 Å². The van der Waals surface area contributed by atoms with E-state index in [1.54, 1.807) is 4.57 Å². The number of aliphatic hydroxyl groups excluding tert-OH is 1. The number of nitrogens with two attached hydrogens (primary N) is 1. The SMILES string of the molecule is NC(=O)C1CCC(n2c(Nc3c(F)cc(F)cc3F)nc3cnc(N[C@@H]4CCC[C@H](O)C4)nc32)CC1. The lowest BCUT2D eigenvalue weighted by molar-refractivity contribution is -0.122. The van der Waals surface area contributed by atoms with Gasteiger partial charge in [0.1, 0.15) is 17.0 Å². The molecule has 2 heterocycles. The van der Waals surface area contributed by atoms with Crippen LogP contribution >= 0.6 is 0 Å². The molecule has 2 aromatic heterocycles. The van der Waals surface area contributed by atoms with E-state index in [0.717, 1.165) is 19.3 Å². The number of hydrogen-bond donors (Lipinski definition) is 4. The lowest BCUT2D eigenvalue weighted by Crippen LogP contribution is -2.30. The third-order valence-corrected chi connectivity index (χ3v) is 7.12. The number of anilines is 3. The van der Waals surface area contributed by atoms with E-state index in [9.17, 15) is 23.1 Å². The van der Waals surface area contributed by atoms with Gasteiger partial charge in [-0.1, -0.05) is 0 Å². The summed E-state index contributed by atoms with van der Waals surface area (Å²) < 4.78 is 44.1. The summed E-state index contributed by atoms with van der Waals surface area (Å²) >= 11 is 0. The number of carbonyl (C=O) groups is 1. The standard InChI is InChI=1S/C24H28F3N7O2/c25-13-8-17(26)20(18(27)9-13)32-24-31-19-11-29-23(30-14-2-1-3-16(35)10-14)33-22(19)34(24)15-6-4-12(5-7-15)21(28)36/h8-9,11-12,14-16,35H,1-7,10H2,(H2,28,36)(H,31,32)(H,29,30,33)/t12?,14-,15?,16+/m1/s1. The first kappa shape index (κ1) is 24.3. The molecule has 192 valence electrons. The number of nitrogens with zero attached hydrogens (tertiary/aromatic N) is 4. The Kier molecular flexibility index (Phi) is 6.69. The summed E-state index contributed by atoms with van der Waals surface area (Å²) in [7, 11) is 0. The van der Waals surface area contributed by atoms with Crippen molar-refractivity contribution in [2.75, 3.05) is 10.6 Å². The molecular weight excluding hydrogens is 475 g/mol. The molecule has 36 heavy (non-hydrogen) atoms. The van der Waals surface area contributed by atoms with Crippen molar-refractivity contribution in [1.29, 1.82) is 0 Å². The summed E-state index contributed by atoms with van der Waals surface area (Å²) in [4.78, 5) is 25.2. The molecule has 1 aromatic carbocycles. The normalized spacial score (nSPS) is 24.6. The molecule has 2 aliphatic carbocycles.